The van der Waals surface area contributed by atoms with Gasteiger partial charge in [0.2, 0.25) is 0 Å². The lowest BCUT2D eigenvalue weighted by Crippen LogP contribution is -2.13. The molecule has 1 heterocycles. The third kappa shape index (κ3) is 2.87. The van der Waals surface area contributed by atoms with Gasteiger partial charge < -0.3 is 4.74 Å². The zero-order valence-corrected chi connectivity index (χ0v) is 14.0. The summed E-state index contributed by atoms with van der Waals surface area (Å²) in [5.41, 5.74) is 3.88. The van der Waals surface area contributed by atoms with Gasteiger partial charge in [-0.3, -0.25) is 5.10 Å². The monoisotopic (exact) mass is 313 g/mol. The molecule has 0 aliphatic heterocycles. The lowest BCUT2D eigenvalue weighted by molar-refractivity contribution is 0.0599. The van der Waals surface area contributed by atoms with Crippen molar-refractivity contribution in [1.29, 1.82) is 0 Å². The van der Waals surface area contributed by atoms with Crippen molar-refractivity contribution in [3.05, 3.63) is 34.6 Å². The van der Waals surface area contributed by atoms with Gasteiger partial charge in [-0.25, -0.2) is 9.78 Å². The van der Waals surface area contributed by atoms with Crippen LogP contribution in [0.1, 0.15) is 66.3 Å². The molecule has 1 aliphatic rings. The van der Waals surface area contributed by atoms with Crippen LogP contribution < -0.4 is 0 Å². The van der Waals surface area contributed by atoms with E-state index in [1.807, 2.05) is 13.0 Å². The Morgan fingerprint density at radius 2 is 2.09 bits per heavy atom. The van der Waals surface area contributed by atoms with Crippen LogP contribution in [-0.4, -0.2) is 28.3 Å². The summed E-state index contributed by atoms with van der Waals surface area (Å²) < 4.78 is 4.95. The minimum atomic E-state index is -0.297. The molecular weight excluding hydrogens is 290 g/mol. The van der Waals surface area contributed by atoms with E-state index in [9.17, 15) is 4.79 Å². The quantitative estimate of drug-likeness (QED) is 0.856. The number of methoxy groups -OCH3 is 1. The maximum Gasteiger partial charge on any atom is 0.338 e. The van der Waals surface area contributed by atoms with Gasteiger partial charge in [0.25, 0.3) is 0 Å². The highest BCUT2D eigenvalue weighted by molar-refractivity contribution is 5.93. The molecular formula is C18H23N3O2. The first kappa shape index (κ1) is 15.7. The highest BCUT2D eigenvalue weighted by Crippen LogP contribution is 2.41. The summed E-state index contributed by atoms with van der Waals surface area (Å²) in [5.74, 6) is 1.79. The van der Waals surface area contributed by atoms with Crippen LogP contribution in [0.4, 0.5) is 0 Å². The predicted octanol–water partition coefficient (Wildman–Crippen LogP) is 3.65. The van der Waals surface area contributed by atoms with Gasteiger partial charge in [-0.1, -0.05) is 26.3 Å². The van der Waals surface area contributed by atoms with Crippen molar-refractivity contribution in [2.24, 2.45) is 0 Å². The molecule has 23 heavy (non-hydrogen) atoms. The summed E-state index contributed by atoms with van der Waals surface area (Å²) in [6.45, 7) is 4.10. The van der Waals surface area contributed by atoms with E-state index >= 15 is 0 Å². The van der Waals surface area contributed by atoms with Crippen LogP contribution in [0.25, 0.3) is 11.4 Å². The van der Waals surface area contributed by atoms with E-state index in [0.717, 1.165) is 29.8 Å². The van der Waals surface area contributed by atoms with Gasteiger partial charge in [0.05, 0.1) is 12.7 Å². The molecule has 0 spiro atoms. The Labute approximate surface area is 136 Å². The molecule has 1 N–H and O–H groups in total. The summed E-state index contributed by atoms with van der Waals surface area (Å²) >= 11 is 0. The summed E-state index contributed by atoms with van der Waals surface area (Å²) in [6.07, 6.45) is 5.26. The van der Waals surface area contributed by atoms with Crippen molar-refractivity contribution in [2.75, 3.05) is 7.11 Å². The van der Waals surface area contributed by atoms with Gasteiger partial charge in [0, 0.05) is 12.0 Å². The zero-order valence-electron chi connectivity index (χ0n) is 14.0. The Bertz CT molecular complexity index is 717. The lowest BCUT2D eigenvalue weighted by atomic mass is 9.76. The van der Waals surface area contributed by atoms with Crippen molar-refractivity contribution < 1.29 is 9.53 Å². The van der Waals surface area contributed by atoms with Crippen LogP contribution in [0.2, 0.25) is 0 Å². The molecule has 2 aromatic rings. The fraction of sp³-hybridized carbons (Fsp3) is 0.500. The SMILES string of the molecule is CCc1nc(-c2cc(C(=O)OC)c(CC)cc2C2CCC2)n[nH]1. The average Bonchev–Trinajstić information content (AvgIpc) is 3.01. The van der Waals surface area contributed by atoms with E-state index in [1.54, 1.807) is 0 Å². The standard InChI is InChI=1S/C18H23N3O2/c1-4-11-9-13(12-7-6-8-12)15(10-14(11)18(22)23-3)17-19-16(5-2)20-21-17/h9-10,12H,4-8H2,1-3H3,(H,19,20,21). The minimum absolute atomic E-state index is 0.297. The van der Waals surface area contributed by atoms with E-state index in [-0.39, 0.29) is 5.97 Å². The summed E-state index contributed by atoms with van der Waals surface area (Å²) in [7, 11) is 1.42. The molecule has 122 valence electrons. The van der Waals surface area contributed by atoms with E-state index < -0.39 is 0 Å². The first-order valence-corrected chi connectivity index (χ1v) is 8.34. The van der Waals surface area contributed by atoms with Crippen LogP contribution >= 0.6 is 0 Å². The minimum Gasteiger partial charge on any atom is -0.465 e. The Balaban J connectivity index is 2.15. The number of carbonyl (C=O) groups is 1. The molecule has 1 aliphatic carbocycles. The molecule has 0 atom stereocenters. The first-order chi connectivity index (χ1) is 11.2. The number of aryl methyl sites for hydroxylation is 2. The van der Waals surface area contributed by atoms with E-state index in [4.69, 9.17) is 4.74 Å². The van der Waals surface area contributed by atoms with Gasteiger partial charge in [-0.2, -0.15) is 5.10 Å². The van der Waals surface area contributed by atoms with Crippen molar-refractivity contribution in [2.45, 2.75) is 51.9 Å². The second-order valence-corrected chi connectivity index (χ2v) is 6.03. The first-order valence-electron chi connectivity index (χ1n) is 8.34. The number of carbonyl (C=O) groups excluding carboxylic acids is 1. The molecule has 0 amide bonds. The van der Waals surface area contributed by atoms with Crippen LogP contribution in [0.15, 0.2) is 12.1 Å². The van der Waals surface area contributed by atoms with Crippen molar-refractivity contribution in [3.63, 3.8) is 0 Å². The molecule has 0 unspecified atom stereocenters. The summed E-state index contributed by atoms with van der Waals surface area (Å²) in [5, 5.41) is 7.32. The number of nitrogens with one attached hydrogen (secondary N) is 1. The molecule has 3 rings (SSSR count). The number of esters is 1. The third-order valence-electron chi connectivity index (χ3n) is 4.71. The number of rotatable bonds is 5. The van der Waals surface area contributed by atoms with Crippen molar-refractivity contribution >= 4 is 5.97 Å². The molecule has 1 aromatic heterocycles. The van der Waals surface area contributed by atoms with E-state index in [1.165, 1.54) is 31.9 Å². The molecule has 1 saturated carbocycles. The molecule has 0 radical (unpaired) electrons. The van der Waals surface area contributed by atoms with E-state index in [2.05, 4.69) is 28.2 Å². The second-order valence-electron chi connectivity index (χ2n) is 6.03. The van der Waals surface area contributed by atoms with Gasteiger partial charge in [0.15, 0.2) is 5.82 Å². The fourth-order valence-electron chi connectivity index (χ4n) is 3.08. The second kappa shape index (κ2) is 6.52. The number of hydrogen-bond donors (Lipinski definition) is 1. The van der Waals surface area contributed by atoms with Crippen molar-refractivity contribution in [3.8, 4) is 11.4 Å². The highest BCUT2D eigenvalue weighted by atomic mass is 16.5. The van der Waals surface area contributed by atoms with Gasteiger partial charge >= 0.3 is 5.97 Å². The number of aromatic nitrogens is 3. The van der Waals surface area contributed by atoms with Crippen LogP contribution in [0, 0.1) is 0 Å². The normalized spacial score (nSPS) is 14.6. The number of benzene rings is 1. The van der Waals surface area contributed by atoms with E-state index in [0.29, 0.717) is 17.3 Å². The maximum absolute atomic E-state index is 12.1. The Hall–Kier alpha value is -2.17. The zero-order chi connectivity index (χ0) is 16.4. The average molecular weight is 313 g/mol. The van der Waals surface area contributed by atoms with Crippen LogP contribution in [-0.2, 0) is 17.6 Å². The Morgan fingerprint density at radius 3 is 2.61 bits per heavy atom. The van der Waals surface area contributed by atoms with Crippen LogP contribution in [0.3, 0.4) is 0 Å². The Kier molecular flexibility index (Phi) is 4.46. The van der Waals surface area contributed by atoms with Crippen molar-refractivity contribution in [1.82, 2.24) is 15.2 Å². The smallest absolute Gasteiger partial charge is 0.338 e. The van der Waals surface area contributed by atoms with Gasteiger partial charge in [-0.15, -0.1) is 0 Å². The topological polar surface area (TPSA) is 67.9 Å². The number of hydrogen-bond acceptors (Lipinski definition) is 4. The largest absolute Gasteiger partial charge is 0.465 e. The lowest BCUT2D eigenvalue weighted by Gasteiger charge is -2.28. The predicted molar refractivity (Wildman–Crippen MR) is 88.5 cm³/mol. The van der Waals surface area contributed by atoms with Gasteiger partial charge in [0.1, 0.15) is 5.82 Å². The van der Waals surface area contributed by atoms with Crippen LogP contribution in [0.5, 0.6) is 0 Å². The highest BCUT2D eigenvalue weighted by Gasteiger charge is 2.26. The third-order valence-corrected chi connectivity index (χ3v) is 4.71. The molecule has 0 bridgehead atoms. The molecule has 5 heteroatoms. The Morgan fingerprint density at radius 1 is 1.30 bits per heavy atom. The number of nitrogens with zero attached hydrogens (tertiary/aromatic N) is 2. The molecule has 1 fully saturated rings. The number of ether oxygens (including phenoxy) is 1. The molecule has 1 aromatic carbocycles. The molecule has 5 nitrogen and oxygen atoms in total. The summed E-state index contributed by atoms with van der Waals surface area (Å²) in [4.78, 5) is 16.7. The molecule has 0 saturated heterocycles. The fourth-order valence-corrected chi connectivity index (χ4v) is 3.08. The maximum atomic E-state index is 12.1. The number of H-pyrrole nitrogens is 1. The number of aromatic amines is 1. The summed E-state index contributed by atoms with van der Waals surface area (Å²) in [6, 6.07) is 4.08. The van der Waals surface area contributed by atoms with Gasteiger partial charge in [-0.05, 0) is 42.4 Å².